The van der Waals surface area contributed by atoms with Crippen molar-refractivity contribution in [3.05, 3.63) is 0 Å². The molecule has 0 heterocycles. The van der Waals surface area contributed by atoms with E-state index in [0.29, 0.717) is 12.8 Å². The SMILES string of the molecule is NCCCCN(CCCCN)C(CCC(N)(C(=O)C(F)(F)F)C(=O)C(F)(F)F)C(=O)C(F)(F)F. The van der Waals surface area contributed by atoms with Gasteiger partial charge in [-0.3, -0.25) is 19.3 Å². The van der Waals surface area contributed by atoms with Gasteiger partial charge in [0.2, 0.25) is 0 Å². The molecule has 0 aliphatic heterocycles. The van der Waals surface area contributed by atoms with Gasteiger partial charge in [0.1, 0.15) is 0 Å². The molecule has 0 aliphatic rings. The van der Waals surface area contributed by atoms with Crippen LogP contribution in [0.25, 0.3) is 0 Å². The number of carbonyl (C=O) groups excluding carboxylic acids is 3. The minimum atomic E-state index is -6.00. The summed E-state index contributed by atoms with van der Waals surface area (Å²) in [5.74, 6) is -9.02. The van der Waals surface area contributed by atoms with E-state index in [0.717, 1.165) is 4.90 Å². The number of hydrogen-bond donors (Lipinski definition) is 3. The summed E-state index contributed by atoms with van der Waals surface area (Å²) in [7, 11) is 0. The first kappa shape index (κ1) is 32.2. The maximum absolute atomic E-state index is 13.2. The van der Waals surface area contributed by atoms with Crippen LogP contribution in [0.5, 0.6) is 0 Å². The van der Waals surface area contributed by atoms with Gasteiger partial charge >= 0.3 is 18.5 Å². The standard InChI is InChI=1S/C18H27F9N4O3/c19-16(20,21)12(32)11(31(9-3-1-7-28)10-4-2-8-29)5-6-15(30,13(33)17(22,23)24)14(34)18(25,26)27/h11H,1-10,28-30H2. The van der Waals surface area contributed by atoms with Crippen molar-refractivity contribution in [2.75, 3.05) is 26.2 Å². The van der Waals surface area contributed by atoms with Crippen molar-refractivity contribution in [1.29, 1.82) is 0 Å². The van der Waals surface area contributed by atoms with Crippen molar-refractivity contribution in [2.24, 2.45) is 17.2 Å². The summed E-state index contributed by atoms with van der Waals surface area (Å²) in [6.45, 7) is -0.181. The molecular weight excluding hydrogens is 491 g/mol. The first-order valence-corrected chi connectivity index (χ1v) is 10.1. The number of rotatable bonds is 15. The fourth-order valence-corrected chi connectivity index (χ4v) is 3.21. The number of Topliss-reactive ketones (excluding diaryl/α,β-unsaturated/α-hetero) is 3. The van der Waals surface area contributed by atoms with Gasteiger partial charge in [-0.25, -0.2) is 0 Å². The van der Waals surface area contributed by atoms with Gasteiger partial charge in [0.25, 0.3) is 17.3 Å². The molecule has 1 atom stereocenters. The van der Waals surface area contributed by atoms with Gasteiger partial charge in [0, 0.05) is 0 Å². The van der Waals surface area contributed by atoms with Gasteiger partial charge < -0.3 is 17.2 Å². The lowest BCUT2D eigenvalue weighted by atomic mass is 9.82. The van der Waals surface area contributed by atoms with Crippen molar-refractivity contribution >= 4 is 17.3 Å². The maximum Gasteiger partial charge on any atom is 0.452 e. The van der Waals surface area contributed by atoms with Crippen molar-refractivity contribution in [3.8, 4) is 0 Å². The van der Waals surface area contributed by atoms with E-state index in [-0.39, 0.29) is 39.0 Å². The molecule has 0 aromatic carbocycles. The summed E-state index contributed by atoms with van der Waals surface area (Å²) in [5, 5.41) is 0. The van der Waals surface area contributed by atoms with Crippen LogP contribution < -0.4 is 17.2 Å². The third-order valence-electron chi connectivity index (χ3n) is 4.96. The van der Waals surface area contributed by atoms with Crippen molar-refractivity contribution < 1.29 is 53.9 Å². The largest absolute Gasteiger partial charge is 0.452 e. The zero-order valence-corrected chi connectivity index (χ0v) is 18.0. The summed E-state index contributed by atoms with van der Waals surface area (Å²) >= 11 is 0. The highest BCUT2D eigenvalue weighted by atomic mass is 19.4. The zero-order valence-electron chi connectivity index (χ0n) is 18.0. The number of hydrogen-bond acceptors (Lipinski definition) is 7. The normalized spacial score (nSPS) is 14.4. The van der Waals surface area contributed by atoms with E-state index in [1.54, 1.807) is 0 Å². The number of unbranched alkanes of at least 4 members (excludes halogenated alkanes) is 2. The summed E-state index contributed by atoms with van der Waals surface area (Å²) < 4.78 is 117. The van der Waals surface area contributed by atoms with Crippen LogP contribution >= 0.6 is 0 Å². The molecule has 0 saturated heterocycles. The van der Waals surface area contributed by atoms with E-state index in [2.05, 4.69) is 0 Å². The van der Waals surface area contributed by atoms with Gasteiger partial charge in [-0.15, -0.1) is 0 Å². The van der Waals surface area contributed by atoms with E-state index in [4.69, 9.17) is 17.2 Å². The topological polar surface area (TPSA) is 133 Å². The molecule has 200 valence electrons. The van der Waals surface area contributed by atoms with Crippen LogP contribution in [0.3, 0.4) is 0 Å². The predicted octanol–water partition coefficient (Wildman–Crippen LogP) is 2.01. The Morgan fingerprint density at radius 3 is 1.35 bits per heavy atom. The molecule has 0 saturated carbocycles. The second-order valence-electron chi connectivity index (χ2n) is 7.57. The first-order valence-electron chi connectivity index (χ1n) is 10.1. The highest BCUT2D eigenvalue weighted by Gasteiger charge is 2.62. The van der Waals surface area contributed by atoms with E-state index in [9.17, 15) is 53.9 Å². The van der Waals surface area contributed by atoms with E-state index >= 15 is 0 Å². The zero-order chi connectivity index (χ0) is 27.0. The van der Waals surface area contributed by atoms with E-state index < -0.39 is 60.3 Å². The lowest BCUT2D eigenvalue weighted by Gasteiger charge is -2.34. The molecule has 0 bridgehead atoms. The lowest BCUT2D eigenvalue weighted by molar-refractivity contribution is -0.192. The number of halogens is 9. The van der Waals surface area contributed by atoms with Crippen LogP contribution in [0.1, 0.15) is 38.5 Å². The Hall–Kier alpha value is -1.78. The monoisotopic (exact) mass is 518 g/mol. The lowest BCUT2D eigenvalue weighted by Crippen LogP contribution is -2.64. The summed E-state index contributed by atoms with van der Waals surface area (Å²) in [4.78, 5) is 36.2. The number of alkyl halides is 9. The molecule has 0 aromatic rings. The molecule has 0 rings (SSSR count). The van der Waals surface area contributed by atoms with Crippen LogP contribution in [0, 0.1) is 0 Å². The quantitative estimate of drug-likeness (QED) is 0.172. The predicted molar refractivity (Wildman–Crippen MR) is 101 cm³/mol. The van der Waals surface area contributed by atoms with Crippen LogP contribution in [-0.4, -0.2) is 78.5 Å². The van der Waals surface area contributed by atoms with Gasteiger partial charge in [-0.2, -0.15) is 39.5 Å². The Morgan fingerprint density at radius 1 is 0.676 bits per heavy atom. The molecule has 6 N–H and O–H groups in total. The molecule has 34 heavy (non-hydrogen) atoms. The highest BCUT2D eigenvalue weighted by Crippen LogP contribution is 2.34. The van der Waals surface area contributed by atoms with Crippen molar-refractivity contribution in [3.63, 3.8) is 0 Å². The second-order valence-corrected chi connectivity index (χ2v) is 7.57. The fourth-order valence-electron chi connectivity index (χ4n) is 3.21. The van der Waals surface area contributed by atoms with Crippen LogP contribution in [-0.2, 0) is 14.4 Å². The smallest absolute Gasteiger partial charge is 0.330 e. The number of carbonyl (C=O) groups is 3. The third-order valence-corrected chi connectivity index (χ3v) is 4.96. The first-order chi connectivity index (χ1) is 15.3. The minimum Gasteiger partial charge on any atom is -0.330 e. The molecule has 0 spiro atoms. The molecule has 0 aliphatic carbocycles. The highest BCUT2D eigenvalue weighted by molar-refractivity contribution is 6.15. The van der Waals surface area contributed by atoms with Crippen LogP contribution in [0.15, 0.2) is 0 Å². The Kier molecular flexibility index (Phi) is 12.1. The van der Waals surface area contributed by atoms with E-state index in [1.165, 1.54) is 0 Å². The van der Waals surface area contributed by atoms with Gasteiger partial charge in [0.15, 0.2) is 5.54 Å². The molecular formula is C18H27F9N4O3. The maximum atomic E-state index is 13.2. The number of nitrogens with two attached hydrogens (primary N) is 3. The Morgan fingerprint density at radius 2 is 1.06 bits per heavy atom. The Balaban J connectivity index is 6.24. The number of nitrogens with zero attached hydrogens (tertiary/aromatic N) is 1. The number of ketones is 3. The molecule has 0 amide bonds. The summed E-state index contributed by atoms with van der Waals surface area (Å²) in [6.07, 6.45) is -19.8. The average molecular weight is 518 g/mol. The third kappa shape index (κ3) is 9.46. The Labute approximate surface area is 189 Å². The van der Waals surface area contributed by atoms with Gasteiger partial charge in [0.05, 0.1) is 6.04 Å². The second kappa shape index (κ2) is 12.8. The fraction of sp³-hybridized carbons (Fsp3) is 0.833. The van der Waals surface area contributed by atoms with Crippen molar-refractivity contribution in [2.45, 2.75) is 68.6 Å². The van der Waals surface area contributed by atoms with Crippen molar-refractivity contribution in [1.82, 2.24) is 4.90 Å². The van der Waals surface area contributed by atoms with Gasteiger partial charge in [-0.05, 0) is 64.7 Å². The minimum absolute atomic E-state index is 0.126. The Bertz CT molecular complexity index is 658. The molecule has 7 nitrogen and oxygen atoms in total. The molecule has 16 heteroatoms. The van der Waals surface area contributed by atoms with Crippen LogP contribution in [0.2, 0.25) is 0 Å². The summed E-state index contributed by atoms with van der Waals surface area (Å²) in [5.41, 5.74) is 11.3. The molecule has 1 unspecified atom stereocenters. The molecule has 0 radical (unpaired) electrons. The van der Waals surface area contributed by atoms with Gasteiger partial charge in [-0.1, -0.05) is 0 Å². The average Bonchev–Trinajstić information content (AvgIpc) is 2.70. The molecule has 0 fully saturated rings. The van der Waals surface area contributed by atoms with E-state index in [1.807, 2.05) is 0 Å². The summed E-state index contributed by atoms with van der Waals surface area (Å²) in [6, 6.07) is -2.29. The van der Waals surface area contributed by atoms with Crippen LogP contribution in [0.4, 0.5) is 39.5 Å². The molecule has 0 aromatic heterocycles.